The predicted octanol–water partition coefficient (Wildman–Crippen LogP) is 1.68. The third-order valence-electron chi connectivity index (χ3n) is 5.90. The summed E-state index contributed by atoms with van der Waals surface area (Å²) in [5.74, 6) is 2.94. The Morgan fingerprint density at radius 1 is 1.17 bits per heavy atom. The molecule has 0 aromatic carbocycles. The fourth-order valence-electron chi connectivity index (χ4n) is 4.05. The van der Waals surface area contributed by atoms with Gasteiger partial charge in [-0.25, -0.2) is 9.98 Å². The first-order valence-electron chi connectivity index (χ1n) is 11.0. The molecule has 2 heterocycles. The minimum atomic E-state index is 0.290. The highest BCUT2D eigenvalue weighted by Gasteiger charge is 2.29. The maximum Gasteiger partial charge on any atom is 0.225 e. The fraction of sp³-hybridized carbons (Fsp3) is 0.762. The van der Waals surface area contributed by atoms with Crippen molar-refractivity contribution >= 4 is 11.9 Å². The standard InChI is InChI=1S/C21H36N6O2/c1-4-22-21(24-15-19-25-16(2)17(3)29-19)23-9-10-26-11-13-27(14-12-26)20(28)18-7-5-6-8-18/h18H,4-15H2,1-3H3,(H2,22,23,24). The summed E-state index contributed by atoms with van der Waals surface area (Å²) in [6, 6.07) is 0. The van der Waals surface area contributed by atoms with Crippen molar-refractivity contribution in [2.75, 3.05) is 45.8 Å². The summed E-state index contributed by atoms with van der Waals surface area (Å²) in [7, 11) is 0. The van der Waals surface area contributed by atoms with Gasteiger partial charge in [-0.2, -0.15) is 0 Å². The minimum Gasteiger partial charge on any atom is -0.444 e. The number of amides is 1. The minimum absolute atomic E-state index is 0.290. The maximum absolute atomic E-state index is 12.6. The fourth-order valence-corrected chi connectivity index (χ4v) is 4.05. The smallest absolute Gasteiger partial charge is 0.225 e. The summed E-state index contributed by atoms with van der Waals surface area (Å²) in [4.78, 5) is 26.0. The zero-order chi connectivity index (χ0) is 20.6. The molecule has 0 spiro atoms. The van der Waals surface area contributed by atoms with E-state index in [1.54, 1.807) is 0 Å². The first-order valence-corrected chi connectivity index (χ1v) is 11.0. The van der Waals surface area contributed by atoms with Crippen LogP contribution in [-0.4, -0.2) is 72.5 Å². The molecular formula is C21H36N6O2. The molecule has 1 aromatic heterocycles. The van der Waals surface area contributed by atoms with Crippen LogP contribution < -0.4 is 10.6 Å². The normalized spacial score (nSPS) is 19.0. The van der Waals surface area contributed by atoms with Gasteiger partial charge < -0.3 is 20.0 Å². The van der Waals surface area contributed by atoms with E-state index in [4.69, 9.17) is 4.42 Å². The maximum atomic E-state index is 12.6. The molecule has 0 atom stereocenters. The monoisotopic (exact) mass is 404 g/mol. The van der Waals surface area contributed by atoms with Crippen molar-refractivity contribution in [3.63, 3.8) is 0 Å². The van der Waals surface area contributed by atoms with E-state index in [1.165, 1.54) is 12.8 Å². The lowest BCUT2D eigenvalue weighted by atomic mass is 10.1. The molecule has 29 heavy (non-hydrogen) atoms. The van der Waals surface area contributed by atoms with E-state index in [9.17, 15) is 4.79 Å². The average molecular weight is 405 g/mol. The summed E-state index contributed by atoms with van der Waals surface area (Å²) < 4.78 is 5.59. The van der Waals surface area contributed by atoms with Gasteiger partial charge in [0.25, 0.3) is 0 Å². The number of hydrogen-bond donors (Lipinski definition) is 2. The van der Waals surface area contributed by atoms with Crippen LogP contribution in [0.2, 0.25) is 0 Å². The second-order valence-corrected chi connectivity index (χ2v) is 8.02. The molecule has 1 aliphatic carbocycles. The van der Waals surface area contributed by atoms with E-state index in [1.807, 2.05) is 13.8 Å². The molecule has 1 aliphatic heterocycles. The van der Waals surface area contributed by atoms with Gasteiger partial charge in [0.1, 0.15) is 12.3 Å². The molecule has 2 fully saturated rings. The molecule has 2 aliphatic rings. The molecule has 3 rings (SSSR count). The molecule has 1 saturated carbocycles. The van der Waals surface area contributed by atoms with Gasteiger partial charge >= 0.3 is 0 Å². The first kappa shape index (κ1) is 21.6. The van der Waals surface area contributed by atoms with Crippen molar-refractivity contribution in [3.05, 3.63) is 17.3 Å². The lowest BCUT2D eigenvalue weighted by Crippen LogP contribution is -2.51. The number of hydrogen-bond acceptors (Lipinski definition) is 5. The molecule has 0 unspecified atom stereocenters. The Morgan fingerprint density at radius 3 is 2.52 bits per heavy atom. The lowest BCUT2D eigenvalue weighted by molar-refractivity contribution is -0.137. The van der Waals surface area contributed by atoms with Crippen LogP contribution in [0.25, 0.3) is 0 Å². The molecule has 1 saturated heterocycles. The Hall–Kier alpha value is -2.09. The summed E-state index contributed by atoms with van der Waals surface area (Å²) in [6.07, 6.45) is 4.60. The van der Waals surface area contributed by atoms with Crippen molar-refractivity contribution in [1.29, 1.82) is 0 Å². The van der Waals surface area contributed by atoms with Crippen LogP contribution >= 0.6 is 0 Å². The highest BCUT2D eigenvalue weighted by Crippen LogP contribution is 2.26. The van der Waals surface area contributed by atoms with Gasteiger partial charge in [0, 0.05) is 51.7 Å². The van der Waals surface area contributed by atoms with Crippen LogP contribution in [0.3, 0.4) is 0 Å². The Kier molecular flexibility index (Phi) is 7.91. The van der Waals surface area contributed by atoms with Gasteiger partial charge in [-0.1, -0.05) is 12.8 Å². The quantitative estimate of drug-likeness (QED) is 0.531. The molecule has 162 valence electrons. The van der Waals surface area contributed by atoms with Crippen molar-refractivity contribution < 1.29 is 9.21 Å². The van der Waals surface area contributed by atoms with Crippen molar-refractivity contribution in [2.24, 2.45) is 10.9 Å². The first-order chi connectivity index (χ1) is 14.1. The van der Waals surface area contributed by atoms with Crippen LogP contribution in [-0.2, 0) is 11.3 Å². The van der Waals surface area contributed by atoms with Crippen LogP contribution in [0.4, 0.5) is 0 Å². The van der Waals surface area contributed by atoms with Crippen LogP contribution in [0.15, 0.2) is 9.41 Å². The summed E-state index contributed by atoms with van der Waals surface area (Å²) >= 11 is 0. The molecule has 1 aromatic rings. The van der Waals surface area contributed by atoms with Crippen molar-refractivity contribution in [2.45, 2.75) is 53.0 Å². The lowest BCUT2D eigenvalue weighted by Gasteiger charge is -2.36. The molecule has 0 radical (unpaired) electrons. The SMILES string of the molecule is CCNC(=NCc1nc(C)c(C)o1)NCCN1CCN(C(=O)C2CCCC2)CC1. The number of nitrogens with zero attached hydrogens (tertiary/aromatic N) is 4. The second kappa shape index (κ2) is 10.6. The Labute approximate surface area is 174 Å². The number of nitrogens with one attached hydrogen (secondary N) is 2. The van der Waals surface area contributed by atoms with Crippen LogP contribution in [0.1, 0.15) is 50.0 Å². The molecule has 2 N–H and O–H groups in total. The third kappa shape index (κ3) is 6.19. The van der Waals surface area contributed by atoms with E-state index >= 15 is 0 Å². The number of oxazole rings is 1. The van der Waals surface area contributed by atoms with E-state index < -0.39 is 0 Å². The average Bonchev–Trinajstić information content (AvgIpc) is 3.36. The molecular weight excluding hydrogens is 368 g/mol. The second-order valence-electron chi connectivity index (χ2n) is 8.02. The third-order valence-corrected chi connectivity index (χ3v) is 5.90. The Balaban J connectivity index is 1.38. The molecule has 1 amide bonds. The van der Waals surface area contributed by atoms with Crippen molar-refractivity contribution in [1.82, 2.24) is 25.4 Å². The number of carbonyl (C=O) groups excluding carboxylic acids is 1. The van der Waals surface area contributed by atoms with Gasteiger partial charge in [-0.3, -0.25) is 9.69 Å². The number of piperazine rings is 1. The zero-order valence-electron chi connectivity index (χ0n) is 18.2. The number of aromatic nitrogens is 1. The number of rotatable bonds is 7. The van der Waals surface area contributed by atoms with Gasteiger partial charge in [0.05, 0.1) is 5.69 Å². The van der Waals surface area contributed by atoms with Crippen LogP contribution in [0, 0.1) is 19.8 Å². The predicted molar refractivity (Wildman–Crippen MR) is 114 cm³/mol. The van der Waals surface area contributed by atoms with E-state index in [0.29, 0.717) is 24.3 Å². The topological polar surface area (TPSA) is 86.0 Å². The summed E-state index contributed by atoms with van der Waals surface area (Å²) in [5, 5.41) is 6.65. The van der Waals surface area contributed by atoms with Gasteiger partial charge in [0.2, 0.25) is 11.8 Å². The van der Waals surface area contributed by atoms with E-state index in [2.05, 4.69) is 37.3 Å². The molecule has 8 nitrogen and oxygen atoms in total. The van der Waals surface area contributed by atoms with Gasteiger partial charge in [0.15, 0.2) is 5.96 Å². The van der Waals surface area contributed by atoms with Crippen LogP contribution in [0.5, 0.6) is 0 Å². The Bertz CT molecular complexity index is 668. The van der Waals surface area contributed by atoms with Gasteiger partial charge in [-0.05, 0) is 33.6 Å². The number of aryl methyl sites for hydroxylation is 2. The zero-order valence-corrected chi connectivity index (χ0v) is 18.2. The van der Waals surface area contributed by atoms with Crippen molar-refractivity contribution in [3.8, 4) is 0 Å². The summed E-state index contributed by atoms with van der Waals surface area (Å²) in [6.45, 7) is 12.5. The number of aliphatic imine (C=N–C) groups is 1. The highest BCUT2D eigenvalue weighted by molar-refractivity contribution is 5.80. The largest absolute Gasteiger partial charge is 0.444 e. The summed E-state index contributed by atoms with van der Waals surface area (Å²) in [5.41, 5.74) is 0.915. The van der Waals surface area contributed by atoms with Gasteiger partial charge in [-0.15, -0.1) is 0 Å². The van der Waals surface area contributed by atoms with E-state index in [0.717, 1.165) is 76.1 Å². The van der Waals surface area contributed by atoms with E-state index in [-0.39, 0.29) is 0 Å². The number of guanidine groups is 1. The highest BCUT2D eigenvalue weighted by atomic mass is 16.4. The number of carbonyl (C=O) groups is 1. The Morgan fingerprint density at radius 2 is 1.90 bits per heavy atom. The molecule has 0 bridgehead atoms. The molecule has 8 heteroatoms.